The van der Waals surface area contributed by atoms with E-state index >= 15 is 0 Å². The van der Waals surface area contributed by atoms with Crippen LogP contribution in [0.15, 0.2) is 231 Å². The van der Waals surface area contributed by atoms with E-state index in [9.17, 15) is 0 Å². The van der Waals surface area contributed by atoms with Gasteiger partial charge in [0.1, 0.15) is 0 Å². The van der Waals surface area contributed by atoms with Crippen molar-refractivity contribution in [1.29, 1.82) is 0 Å². The van der Waals surface area contributed by atoms with Crippen LogP contribution in [0.5, 0.6) is 0 Å². The van der Waals surface area contributed by atoms with Crippen LogP contribution in [-0.2, 0) is 0 Å². The lowest BCUT2D eigenvalue weighted by Crippen LogP contribution is -2.75. The molecule has 64 heavy (non-hydrogen) atoms. The smallest absolute Gasteiger partial charge is 0.180 e. The fourth-order valence-corrected chi connectivity index (χ4v) is 14.6. The Labute approximate surface area is 374 Å². The van der Waals surface area contributed by atoms with E-state index in [4.69, 9.17) is 15.0 Å². The number of fused-ring (bicyclic) bond motifs is 3. The summed E-state index contributed by atoms with van der Waals surface area (Å²) in [5, 5.41) is 7.69. The van der Waals surface area contributed by atoms with Crippen molar-refractivity contribution in [1.82, 2.24) is 19.5 Å². The number of hydrogen-bond acceptors (Lipinski definition) is 3. The largest absolute Gasteiger partial charge is 0.309 e. The Hall–Kier alpha value is -7.99. The number of benzene rings is 9. The van der Waals surface area contributed by atoms with E-state index in [1.165, 1.54) is 42.6 Å². The molecule has 0 amide bonds. The lowest BCUT2D eigenvalue weighted by molar-refractivity contribution is 1.07. The predicted octanol–water partition coefficient (Wildman–Crippen LogP) is 11.6. The quantitative estimate of drug-likeness (QED) is 0.107. The molecule has 0 N–H and O–H groups in total. The summed E-state index contributed by atoms with van der Waals surface area (Å²) < 4.78 is 2.42. The maximum Gasteiger partial charge on any atom is 0.180 e. The second kappa shape index (κ2) is 16.4. The predicted molar refractivity (Wildman–Crippen MR) is 269 cm³/mol. The van der Waals surface area contributed by atoms with Gasteiger partial charge in [0.25, 0.3) is 0 Å². The summed E-state index contributed by atoms with van der Waals surface area (Å²) in [6.45, 7) is 4.35. The minimum Gasteiger partial charge on any atom is -0.309 e. The van der Waals surface area contributed by atoms with Crippen LogP contribution in [0.2, 0.25) is 0 Å². The minimum atomic E-state index is -3.02. The third-order valence-corrected chi connectivity index (χ3v) is 17.4. The fraction of sp³-hybridized carbons (Fsp3) is 0.0339. The van der Waals surface area contributed by atoms with Crippen molar-refractivity contribution in [3.63, 3.8) is 0 Å². The molecule has 11 rings (SSSR count). The van der Waals surface area contributed by atoms with Crippen LogP contribution in [0.4, 0.5) is 0 Å². The van der Waals surface area contributed by atoms with E-state index in [0.29, 0.717) is 17.5 Å². The van der Waals surface area contributed by atoms with E-state index < -0.39 is 8.07 Å². The molecule has 9 aromatic carbocycles. The van der Waals surface area contributed by atoms with Crippen molar-refractivity contribution in [2.75, 3.05) is 0 Å². The molecule has 0 radical (unpaired) electrons. The highest BCUT2D eigenvalue weighted by molar-refractivity contribution is 7.20. The lowest BCUT2D eigenvalue weighted by atomic mass is 9.97. The Bertz CT molecular complexity index is 3230. The molecule has 2 aromatic heterocycles. The highest BCUT2D eigenvalue weighted by atomic mass is 28.3. The van der Waals surface area contributed by atoms with Gasteiger partial charge in [-0.25, -0.2) is 15.0 Å². The zero-order valence-electron chi connectivity index (χ0n) is 35.7. The average Bonchev–Trinajstić information content (AvgIpc) is 3.68. The summed E-state index contributed by atoms with van der Waals surface area (Å²) >= 11 is 0. The first-order valence-corrected chi connectivity index (χ1v) is 23.9. The van der Waals surface area contributed by atoms with Crippen molar-refractivity contribution in [2.45, 2.75) is 13.8 Å². The van der Waals surface area contributed by atoms with E-state index in [2.05, 4.69) is 213 Å². The molecule has 0 aliphatic carbocycles. The molecular weight excluding hydrogens is 793 g/mol. The zero-order chi connectivity index (χ0) is 43.0. The molecule has 0 saturated heterocycles. The molecule has 0 spiro atoms. The van der Waals surface area contributed by atoms with Crippen molar-refractivity contribution in [3.8, 4) is 51.0 Å². The van der Waals surface area contributed by atoms with Crippen molar-refractivity contribution < 1.29 is 0 Å². The van der Waals surface area contributed by atoms with Gasteiger partial charge in [-0.15, -0.1) is 0 Å². The average molecular weight is 837 g/mol. The molecule has 0 fully saturated rings. The van der Waals surface area contributed by atoms with Gasteiger partial charge in [0.15, 0.2) is 25.5 Å². The van der Waals surface area contributed by atoms with Gasteiger partial charge in [-0.3, -0.25) is 0 Å². The summed E-state index contributed by atoms with van der Waals surface area (Å²) in [6, 6.07) is 83.4. The SMILES string of the molecule is Cc1ccc2c(c1)c1cc(C)ccc1n2-c1ccc(-c2nc(-c3ccccc3)nc(-c3ccccc3)n2)c(-c2ccccc2[Si](c2ccccc2)(c2ccccc2)c2ccccc2)c1. The third kappa shape index (κ3) is 6.74. The highest BCUT2D eigenvalue weighted by Crippen LogP contribution is 2.38. The molecule has 0 saturated carbocycles. The zero-order valence-corrected chi connectivity index (χ0v) is 36.7. The minimum absolute atomic E-state index is 0.615. The van der Waals surface area contributed by atoms with Crippen LogP contribution < -0.4 is 20.7 Å². The Morgan fingerprint density at radius 2 is 0.766 bits per heavy atom. The second-order valence-corrected chi connectivity index (χ2v) is 20.3. The number of rotatable bonds is 9. The first kappa shape index (κ1) is 38.9. The second-order valence-electron chi connectivity index (χ2n) is 16.5. The maximum atomic E-state index is 5.35. The van der Waals surface area contributed by atoms with Gasteiger partial charge in [0, 0.05) is 33.2 Å². The topological polar surface area (TPSA) is 43.6 Å². The number of hydrogen-bond donors (Lipinski definition) is 0. The summed E-state index contributed by atoms with van der Waals surface area (Å²) in [6.07, 6.45) is 0. The van der Waals surface area contributed by atoms with Crippen molar-refractivity contribution in [2.24, 2.45) is 0 Å². The van der Waals surface area contributed by atoms with Gasteiger partial charge in [-0.1, -0.05) is 199 Å². The molecule has 11 aromatic rings. The molecule has 0 atom stereocenters. The molecule has 0 unspecified atom stereocenters. The lowest BCUT2D eigenvalue weighted by Gasteiger charge is -2.36. The normalized spacial score (nSPS) is 11.6. The summed E-state index contributed by atoms with van der Waals surface area (Å²) in [5.74, 6) is 1.87. The number of nitrogens with zero attached hydrogens (tertiary/aromatic N) is 4. The standard InChI is InChI=1S/C59H44N4Si/c1-41-32-36-54-52(38-41)53-39-42(2)33-37-55(53)63(54)45-34-35-50(59-61-57(43-20-8-3-9-21-43)60-58(62-59)44-22-10-4-11-23-44)51(40-45)49-30-18-19-31-56(49)64(46-24-12-5-13-25-46,47-26-14-6-15-27-47)48-28-16-7-17-29-48/h3-40H,1-2H3. The molecule has 0 bridgehead atoms. The Kier molecular flexibility index (Phi) is 9.95. The van der Waals surface area contributed by atoms with Crippen LogP contribution >= 0.6 is 0 Å². The summed E-state index contributed by atoms with van der Waals surface area (Å²) in [5.41, 5.74) is 10.8. The van der Waals surface area contributed by atoms with Gasteiger partial charge in [0.05, 0.1) is 11.0 Å². The Morgan fingerprint density at radius 3 is 1.25 bits per heavy atom. The highest BCUT2D eigenvalue weighted by Gasteiger charge is 2.43. The van der Waals surface area contributed by atoms with Crippen LogP contribution in [-0.4, -0.2) is 27.6 Å². The van der Waals surface area contributed by atoms with Gasteiger partial charge in [-0.2, -0.15) is 0 Å². The Balaban J connectivity index is 1.26. The third-order valence-electron chi connectivity index (χ3n) is 12.5. The van der Waals surface area contributed by atoms with E-state index in [1.807, 2.05) is 36.4 Å². The molecule has 304 valence electrons. The first-order valence-electron chi connectivity index (χ1n) is 21.9. The van der Waals surface area contributed by atoms with Gasteiger partial charge in [0.2, 0.25) is 0 Å². The van der Waals surface area contributed by atoms with Crippen LogP contribution in [0.1, 0.15) is 11.1 Å². The molecule has 5 heteroatoms. The van der Waals surface area contributed by atoms with E-state index in [-0.39, 0.29) is 0 Å². The summed E-state index contributed by atoms with van der Waals surface area (Å²) in [7, 11) is -3.02. The van der Waals surface area contributed by atoms with Crippen LogP contribution in [0.3, 0.4) is 0 Å². The maximum absolute atomic E-state index is 5.35. The summed E-state index contributed by atoms with van der Waals surface area (Å²) in [4.78, 5) is 15.8. The van der Waals surface area contributed by atoms with Crippen molar-refractivity contribution in [3.05, 3.63) is 242 Å². The van der Waals surface area contributed by atoms with Crippen LogP contribution in [0.25, 0.3) is 72.8 Å². The van der Waals surface area contributed by atoms with Crippen molar-refractivity contribution >= 4 is 50.6 Å². The van der Waals surface area contributed by atoms with Gasteiger partial charge >= 0.3 is 0 Å². The Morgan fingerprint density at radius 1 is 0.344 bits per heavy atom. The fourth-order valence-electron chi connectivity index (χ4n) is 9.62. The molecule has 2 heterocycles. The number of aryl methyl sites for hydroxylation is 2. The van der Waals surface area contributed by atoms with Gasteiger partial charge in [-0.05, 0) is 88.2 Å². The van der Waals surface area contributed by atoms with E-state index in [1.54, 1.807) is 0 Å². The molecule has 0 aliphatic heterocycles. The molecule has 0 aliphatic rings. The number of aromatic nitrogens is 4. The molecule has 4 nitrogen and oxygen atoms in total. The van der Waals surface area contributed by atoms with Crippen LogP contribution in [0, 0.1) is 13.8 Å². The monoisotopic (exact) mass is 836 g/mol. The van der Waals surface area contributed by atoms with Gasteiger partial charge < -0.3 is 4.57 Å². The molecular formula is C59H44N4Si. The first-order chi connectivity index (χ1) is 31.6. The van der Waals surface area contributed by atoms with E-state index in [0.717, 1.165) is 44.5 Å².